The van der Waals surface area contributed by atoms with Crippen LogP contribution in [0.25, 0.3) is 21.9 Å². The molecule has 0 saturated heterocycles. The van der Waals surface area contributed by atoms with E-state index in [9.17, 15) is 14.7 Å². The van der Waals surface area contributed by atoms with Crippen molar-refractivity contribution in [1.82, 2.24) is 0 Å². The lowest BCUT2D eigenvalue weighted by atomic mass is 9.95. The molecule has 0 heterocycles. The number of Topliss-reactive ketones (excluding diaryl/α,β-unsaturated/α-hetero) is 1. The standard InChI is InChI=1S/C26H20O3/c27-24(14-18-10-12-20(13-11-18)19-6-2-1-3-7-19)16-23-15-21-8-4-5-9-22(21)17-25(23)26(28)29/h1-13,15,17H,14,16H2,(H,28,29). The Kier molecular flexibility index (Phi) is 5.21. The minimum atomic E-state index is -1.01. The van der Waals surface area contributed by atoms with Gasteiger partial charge in [0.25, 0.3) is 0 Å². The van der Waals surface area contributed by atoms with E-state index in [1.54, 1.807) is 6.07 Å². The van der Waals surface area contributed by atoms with Crippen molar-refractivity contribution in [1.29, 1.82) is 0 Å². The molecule has 0 fully saturated rings. The van der Waals surface area contributed by atoms with Crippen LogP contribution in [-0.4, -0.2) is 16.9 Å². The van der Waals surface area contributed by atoms with Crippen LogP contribution in [0.1, 0.15) is 21.5 Å². The Morgan fingerprint density at radius 2 is 1.24 bits per heavy atom. The molecule has 4 rings (SSSR count). The van der Waals surface area contributed by atoms with Crippen LogP contribution in [0.4, 0.5) is 0 Å². The van der Waals surface area contributed by atoms with Crippen LogP contribution >= 0.6 is 0 Å². The van der Waals surface area contributed by atoms with E-state index in [0.717, 1.165) is 27.5 Å². The van der Waals surface area contributed by atoms with Gasteiger partial charge in [-0.15, -0.1) is 0 Å². The number of rotatable bonds is 6. The van der Waals surface area contributed by atoms with Gasteiger partial charge in [0.15, 0.2) is 0 Å². The predicted molar refractivity (Wildman–Crippen MR) is 115 cm³/mol. The van der Waals surface area contributed by atoms with Crippen LogP contribution in [0.5, 0.6) is 0 Å². The van der Waals surface area contributed by atoms with E-state index in [4.69, 9.17) is 0 Å². The zero-order valence-corrected chi connectivity index (χ0v) is 15.8. The summed E-state index contributed by atoms with van der Waals surface area (Å²) in [5.41, 5.74) is 3.91. The number of ketones is 1. The smallest absolute Gasteiger partial charge is 0.335 e. The van der Waals surface area contributed by atoms with Gasteiger partial charge >= 0.3 is 5.97 Å². The molecule has 4 aromatic rings. The first-order chi connectivity index (χ1) is 14.1. The molecule has 0 aliphatic carbocycles. The third-order valence-electron chi connectivity index (χ3n) is 5.05. The zero-order chi connectivity index (χ0) is 20.2. The fourth-order valence-corrected chi connectivity index (χ4v) is 3.58. The fourth-order valence-electron chi connectivity index (χ4n) is 3.58. The van der Waals surface area contributed by atoms with Gasteiger partial charge in [-0.1, -0.05) is 78.9 Å². The van der Waals surface area contributed by atoms with Crippen LogP contribution in [-0.2, 0) is 17.6 Å². The predicted octanol–water partition coefficient (Wildman–Crippen LogP) is 5.56. The molecule has 142 valence electrons. The van der Waals surface area contributed by atoms with Gasteiger partial charge in [-0.05, 0) is 45.2 Å². The summed E-state index contributed by atoms with van der Waals surface area (Å²) >= 11 is 0. The summed E-state index contributed by atoms with van der Waals surface area (Å²) in [7, 11) is 0. The van der Waals surface area contributed by atoms with Gasteiger partial charge in [-0.25, -0.2) is 4.79 Å². The average Bonchev–Trinajstić information content (AvgIpc) is 2.74. The Morgan fingerprint density at radius 1 is 0.655 bits per heavy atom. The lowest BCUT2D eigenvalue weighted by molar-refractivity contribution is -0.117. The van der Waals surface area contributed by atoms with Gasteiger partial charge in [-0.3, -0.25) is 4.79 Å². The monoisotopic (exact) mass is 380 g/mol. The Balaban J connectivity index is 1.52. The first-order valence-corrected chi connectivity index (χ1v) is 9.51. The molecular formula is C26H20O3. The maximum Gasteiger partial charge on any atom is 0.335 e. The normalized spacial score (nSPS) is 10.8. The van der Waals surface area contributed by atoms with Crippen molar-refractivity contribution in [2.24, 2.45) is 0 Å². The van der Waals surface area contributed by atoms with Crippen LogP contribution in [0, 0.1) is 0 Å². The quantitative estimate of drug-likeness (QED) is 0.476. The minimum absolute atomic E-state index is 0.00441. The molecule has 0 aromatic heterocycles. The third-order valence-corrected chi connectivity index (χ3v) is 5.05. The molecule has 0 atom stereocenters. The zero-order valence-electron chi connectivity index (χ0n) is 15.8. The fraction of sp³-hybridized carbons (Fsp3) is 0.0769. The van der Waals surface area contributed by atoms with Crippen LogP contribution in [0.2, 0.25) is 0 Å². The first-order valence-electron chi connectivity index (χ1n) is 9.51. The lowest BCUT2D eigenvalue weighted by Crippen LogP contribution is -2.11. The summed E-state index contributed by atoms with van der Waals surface area (Å²) in [6.45, 7) is 0. The summed E-state index contributed by atoms with van der Waals surface area (Å²) in [6.07, 6.45) is 0.383. The third kappa shape index (κ3) is 4.25. The Hall–Kier alpha value is -3.72. The second kappa shape index (κ2) is 8.11. The van der Waals surface area contributed by atoms with E-state index in [0.29, 0.717) is 5.56 Å². The Labute approximate surface area is 169 Å². The topological polar surface area (TPSA) is 54.4 Å². The van der Waals surface area contributed by atoms with Gasteiger partial charge in [-0.2, -0.15) is 0 Å². The SMILES string of the molecule is O=C(Cc1ccc(-c2ccccc2)cc1)Cc1cc2ccccc2cc1C(=O)O. The number of hydrogen-bond acceptors (Lipinski definition) is 2. The number of carbonyl (C=O) groups excluding carboxylic acids is 1. The van der Waals surface area contributed by atoms with Crippen molar-refractivity contribution in [2.75, 3.05) is 0 Å². The first kappa shape index (κ1) is 18.6. The van der Waals surface area contributed by atoms with Crippen molar-refractivity contribution in [2.45, 2.75) is 12.8 Å². The number of benzene rings is 4. The molecule has 4 aromatic carbocycles. The molecule has 0 spiro atoms. The molecule has 0 saturated carbocycles. The van der Waals surface area contributed by atoms with Crippen LogP contribution < -0.4 is 0 Å². The number of carbonyl (C=O) groups is 2. The highest BCUT2D eigenvalue weighted by Crippen LogP contribution is 2.22. The summed E-state index contributed by atoms with van der Waals surface area (Å²) in [5, 5.41) is 11.4. The average molecular weight is 380 g/mol. The largest absolute Gasteiger partial charge is 0.478 e. The van der Waals surface area contributed by atoms with E-state index >= 15 is 0 Å². The number of carboxylic acids is 1. The van der Waals surface area contributed by atoms with Crippen molar-refractivity contribution < 1.29 is 14.7 Å². The summed E-state index contributed by atoms with van der Waals surface area (Å²) in [6, 6.07) is 29.1. The molecule has 3 nitrogen and oxygen atoms in total. The van der Waals surface area contributed by atoms with E-state index in [-0.39, 0.29) is 24.2 Å². The summed E-state index contributed by atoms with van der Waals surface area (Å²) < 4.78 is 0. The minimum Gasteiger partial charge on any atom is -0.478 e. The molecule has 0 amide bonds. The molecule has 1 N–H and O–H groups in total. The number of fused-ring (bicyclic) bond motifs is 1. The van der Waals surface area contributed by atoms with E-state index < -0.39 is 5.97 Å². The second-order valence-electron chi connectivity index (χ2n) is 7.12. The maximum atomic E-state index is 12.7. The second-order valence-corrected chi connectivity index (χ2v) is 7.12. The maximum absolute atomic E-state index is 12.7. The Bertz CT molecular complexity index is 1180. The lowest BCUT2D eigenvalue weighted by Gasteiger charge is -2.09. The molecule has 0 unspecified atom stereocenters. The van der Waals surface area contributed by atoms with Gasteiger partial charge in [0, 0.05) is 12.8 Å². The van der Waals surface area contributed by atoms with E-state index in [2.05, 4.69) is 0 Å². The van der Waals surface area contributed by atoms with Crippen molar-refractivity contribution in [3.63, 3.8) is 0 Å². The van der Waals surface area contributed by atoms with Crippen LogP contribution in [0.3, 0.4) is 0 Å². The number of hydrogen-bond donors (Lipinski definition) is 1. The van der Waals surface area contributed by atoms with Crippen molar-refractivity contribution >= 4 is 22.5 Å². The highest BCUT2D eigenvalue weighted by atomic mass is 16.4. The number of carboxylic acid groups (broad SMARTS) is 1. The van der Waals surface area contributed by atoms with Crippen molar-refractivity contribution in [3.8, 4) is 11.1 Å². The molecule has 0 aliphatic heterocycles. The highest BCUT2D eigenvalue weighted by Gasteiger charge is 2.15. The van der Waals surface area contributed by atoms with Gasteiger partial charge < -0.3 is 5.11 Å². The molecular weight excluding hydrogens is 360 g/mol. The van der Waals surface area contributed by atoms with Crippen LogP contribution in [0.15, 0.2) is 91.0 Å². The summed E-state index contributed by atoms with van der Waals surface area (Å²) in [4.78, 5) is 24.3. The van der Waals surface area contributed by atoms with Gasteiger partial charge in [0.2, 0.25) is 0 Å². The van der Waals surface area contributed by atoms with Gasteiger partial charge in [0.05, 0.1) is 5.56 Å². The van der Waals surface area contributed by atoms with Gasteiger partial charge in [0.1, 0.15) is 5.78 Å². The molecule has 3 heteroatoms. The number of aromatic carboxylic acids is 1. The molecule has 0 bridgehead atoms. The Morgan fingerprint density at radius 3 is 1.90 bits per heavy atom. The van der Waals surface area contributed by atoms with Crippen molar-refractivity contribution in [3.05, 3.63) is 108 Å². The van der Waals surface area contributed by atoms with E-state index in [1.165, 1.54) is 0 Å². The molecule has 0 radical (unpaired) electrons. The molecule has 29 heavy (non-hydrogen) atoms. The summed E-state index contributed by atoms with van der Waals surface area (Å²) in [5.74, 6) is -1.01. The van der Waals surface area contributed by atoms with E-state index in [1.807, 2.05) is 84.9 Å². The highest BCUT2D eigenvalue weighted by molar-refractivity contribution is 5.98. The molecule has 0 aliphatic rings.